The van der Waals surface area contributed by atoms with Gasteiger partial charge in [-0.25, -0.2) is 9.97 Å². The molecule has 0 aliphatic carbocycles. The highest BCUT2D eigenvalue weighted by Crippen LogP contribution is 2.14. The third-order valence-corrected chi connectivity index (χ3v) is 2.99. The summed E-state index contributed by atoms with van der Waals surface area (Å²) in [4.78, 5) is 20.5. The van der Waals surface area contributed by atoms with E-state index in [4.69, 9.17) is 10.00 Å². The smallest absolute Gasteiger partial charge is 0.274 e. The number of benzene rings is 1. The number of ether oxygens (including phenoxy) is 1. The number of nitrogens with one attached hydrogen (secondary N) is 2. The van der Waals surface area contributed by atoms with Gasteiger partial charge in [-0.3, -0.25) is 4.79 Å². The van der Waals surface area contributed by atoms with Crippen molar-refractivity contribution in [3.05, 3.63) is 47.8 Å². The van der Waals surface area contributed by atoms with Crippen molar-refractivity contribution >= 4 is 17.5 Å². The molecule has 1 aromatic carbocycles. The summed E-state index contributed by atoms with van der Waals surface area (Å²) in [6.45, 7) is 1.29. The Morgan fingerprint density at radius 1 is 1.35 bits per heavy atom. The van der Waals surface area contributed by atoms with Gasteiger partial charge in [-0.1, -0.05) is 12.1 Å². The van der Waals surface area contributed by atoms with Crippen molar-refractivity contribution in [1.82, 2.24) is 9.97 Å². The molecule has 1 aromatic heterocycles. The molecule has 0 unspecified atom stereocenters. The van der Waals surface area contributed by atoms with Gasteiger partial charge in [0.15, 0.2) is 0 Å². The largest absolute Gasteiger partial charge is 0.385 e. The molecule has 2 aromatic rings. The topological polar surface area (TPSA) is 99.9 Å². The SMILES string of the molecule is COCCCNc1nccc(C(=O)Nc2ccccc2C#N)n1. The van der Waals surface area contributed by atoms with Gasteiger partial charge in [0.2, 0.25) is 5.95 Å². The first-order chi connectivity index (χ1) is 11.2. The fraction of sp³-hybridized carbons (Fsp3) is 0.250. The van der Waals surface area contributed by atoms with Crippen LogP contribution in [0.2, 0.25) is 0 Å². The first-order valence-electron chi connectivity index (χ1n) is 7.11. The number of carbonyl (C=O) groups is 1. The molecule has 7 nitrogen and oxygen atoms in total. The molecular weight excluding hydrogens is 294 g/mol. The van der Waals surface area contributed by atoms with Crippen LogP contribution < -0.4 is 10.6 Å². The van der Waals surface area contributed by atoms with Crippen LogP contribution in [0.5, 0.6) is 0 Å². The predicted molar refractivity (Wildman–Crippen MR) is 86.1 cm³/mol. The Bertz CT molecular complexity index is 712. The minimum atomic E-state index is -0.393. The van der Waals surface area contributed by atoms with Crippen molar-refractivity contribution in [2.75, 3.05) is 30.9 Å². The van der Waals surface area contributed by atoms with Crippen LogP contribution in [0.15, 0.2) is 36.5 Å². The van der Waals surface area contributed by atoms with Gasteiger partial charge >= 0.3 is 0 Å². The standard InChI is InChI=1S/C16H17N5O2/c1-23-10-4-8-18-16-19-9-7-14(21-16)15(22)20-13-6-3-2-5-12(13)11-17/h2-3,5-7,9H,4,8,10H2,1H3,(H,20,22)(H,18,19,21). The van der Waals surface area contributed by atoms with Gasteiger partial charge < -0.3 is 15.4 Å². The van der Waals surface area contributed by atoms with Gasteiger partial charge in [0.05, 0.1) is 11.3 Å². The second-order valence-electron chi connectivity index (χ2n) is 4.65. The molecule has 0 saturated carbocycles. The van der Waals surface area contributed by atoms with Crippen LogP contribution >= 0.6 is 0 Å². The number of nitrogens with zero attached hydrogens (tertiary/aromatic N) is 3. The van der Waals surface area contributed by atoms with Crippen molar-refractivity contribution in [3.8, 4) is 6.07 Å². The molecule has 0 atom stereocenters. The van der Waals surface area contributed by atoms with Gasteiger partial charge in [-0.05, 0) is 24.6 Å². The number of nitriles is 1. The predicted octanol–water partition coefficient (Wildman–Crippen LogP) is 2.05. The molecule has 0 bridgehead atoms. The molecule has 1 amide bonds. The van der Waals surface area contributed by atoms with Crippen molar-refractivity contribution < 1.29 is 9.53 Å². The quantitative estimate of drug-likeness (QED) is 0.759. The lowest BCUT2D eigenvalue weighted by Gasteiger charge is -2.08. The molecule has 2 N–H and O–H groups in total. The highest BCUT2D eigenvalue weighted by atomic mass is 16.5. The second kappa shape index (κ2) is 8.46. The molecule has 0 aliphatic rings. The summed E-state index contributed by atoms with van der Waals surface area (Å²) < 4.78 is 4.96. The number of hydrogen-bond acceptors (Lipinski definition) is 6. The third-order valence-electron chi connectivity index (χ3n) is 2.99. The van der Waals surface area contributed by atoms with Gasteiger partial charge in [0, 0.05) is 26.5 Å². The molecule has 0 aliphatic heterocycles. The molecule has 0 spiro atoms. The maximum absolute atomic E-state index is 12.3. The molecule has 0 saturated heterocycles. The van der Waals surface area contributed by atoms with Crippen molar-refractivity contribution in [3.63, 3.8) is 0 Å². The molecule has 7 heteroatoms. The van der Waals surface area contributed by atoms with Crippen LogP contribution in [-0.4, -0.2) is 36.1 Å². The molecule has 0 radical (unpaired) electrons. The summed E-state index contributed by atoms with van der Waals surface area (Å²) in [7, 11) is 1.64. The first-order valence-corrected chi connectivity index (χ1v) is 7.11. The van der Waals surface area contributed by atoms with Crippen LogP contribution in [-0.2, 0) is 4.74 Å². The van der Waals surface area contributed by atoms with E-state index in [1.807, 2.05) is 6.07 Å². The van der Waals surface area contributed by atoms with Gasteiger partial charge in [-0.15, -0.1) is 0 Å². The zero-order chi connectivity index (χ0) is 16.5. The Morgan fingerprint density at radius 2 is 2.17 bits per heavy atom. The summed E-state index contributed by atoms with van der Waals surface area (Å²) >= 11 is 0. The lowest BCUT2D eigenvalue weighted by Crippen LogP contribution is -2.16. The highest BCUT2D eigenvalue weighted by Gasteiger charge is 2.11. The lowest BCUT2D eigenvalue weighted by atomic mass is 10.2. The maximum atomic E-state index is 12.3. The Labute approximate surface area is 134 Å². The minimum absolute atomic E-state index is 0.224. The van der Waals surface area contributed by atoms with E-state index in [9.17, 15) is 4.79 Å². The second-order valence-corrected chi connectivity index (χ2v) is 4.65. The summed E-state index contributed by atoms with van der Waals surface area (Å²) in [5, 5.41) is 14.7. The molecule has 2 rings (SSSR count). The Hall–Kier alpha value is -2.98. The van der Waals surface area contributed by atoms with Crippen LogP contribution in [0.1, 0.15) is 22.5 Å². The summed E-state index contributed by atoms with van der Waals surface area (Å²) in [6, 6.07) is 10.3. The van der Waals surface area contributed by atoms with E-state index >= 15 is 0 Å². The molecule has 1 heterocycles. The monoisotopic (exact) mass is 311 g/mol. The fourth-order valence-electron chi connectivity index (χ4n) is 1.86. The number of aromatic nitrogens is 2. The minimum Gasteiger partial charge on any atom is -0.385 e. The number of rotatable bonds is 7. The van der Waals surface area contributed by atoms with Crippen molar-refractivity contribution in [2.24, 2.45) is 0 Å². The Kier molecular flexibility index (Phi) is 6.03. The Morgan fingerprint density at radius 3 is 2.96 bits per heavy atom. The number of methoxy groups -OCH3 is 1. The van der Waals surface area contributed by atoms with Gasteiger partial charge in [0.1, 0.15) is 11.8 Å². The van der Waals surface area contributed by atoms with E-state index < -0.39 is 5.91 Å². The average Bonchev–Trinajstić information content (AvgIpc) is 2.59. The average molecular weight is 311 g/mol. The number of anilines is 2. The van der Waals surface area contributed by atoms with Crippen molar-refractivity contribution in [2.45, 2.75) is 6.42 Å². The van der Waals surface area contributed by atoms with E-state index in [-0.39, 0.29) is 5.69 Å². The van der Waals surface area contributed by atoms with E-state index in [1.165, 1.54) is 12.3 Å². The fourth-order valence-corrected chi connectivity index (χ4v) is 1.86. The highest BCUT2D eigenvalue weighted by molar-refractivity contribution is 6.03. The number of amides is 1. The number of hydrogen-bond donors (Lipinski definition) is 2. The molecular formula is C16H17N5O2. The number of carbonyl (C=O) groups excluding carboxylic acids is 1. The van der Waals surface area contributed by atoms with Crippen LogP contribution in [0.3, 0.4) is 0 Å². The summed E-state index contributed by atoms with van der Waals surface area (Å²) in [6.07, 6.45) is 2.32. The van der Waals surface area contributed by atoms with Gasteiger partial charge in [0.25, 0.3) is 5.91 Å². The zero-order valence-corrected chi connectivity index (χ0v) is 12.7. The third kappa shape index (κ3) is 4.76. The van der Waals surface area contributed by atoms with E-state index in [1.54, 1.807) is 31.4 Å². The Balaban J connectivity index is 2.03. The molecule has 23 heavy (non-hydrogen) atoms. The van der Waals surface area contributed by atoms with Crippen molar-refractivity contribution in [1.29, 1.82) is 5.26 Å². The lowest BCUT2D eigenvalue weighted by molar-refractivity contribution is 0.102. The van der Waals surface area contributed by atoms with Crippen LogP contribution in [0.25, 0.3) is 0 Å². The maximum Gasteiger partial charge on any atom is 0.274 e. The van der Waals surface area contributed by atoms with E-state index in [0.29, 0.717) is 30.4 Å². The van der Waals surface area contributed by atoms with Crippen LogP contribution in [0, 0.1) is 11.3 Å². The molecule has 118 valence electrons. The molecule has 0 fully saturated rings. The van der Waals surface area contributed by atoms with E-state index in [0.717, 1.165) is 6.42 Å². The van der Waals surface area contributed by atoms with Crippen LogP contribution in [0.4, 0.5) is 11.6 Å². The zero-order valence-electron chi connectivity index (χ0n) is 12.7. The summed E-state index contributed by atoms with van der Waals surface area (Å²) in [5.74, 6) is -0.0163. The normalized spacial score (nSPS) is 9.91. The summed E-state index contributed by atoms with van der Waals surface area (Å²) in [5.41, 5.74) is 1.07. The first kappa shape index (κ1) is 16.4. The van der Waals surface area contributed by atoms with E-state index in [2.05, 4.69) is 20.6 Å². The number of para-hydroxylation sites is 1. The van der Waals surface area contributed by atoms with Gasteiger partial charge in [-0.2, -0.15) is 5.26 Å².